The lowest BCUT2D eigenvalue weighted by atomic mass is 9.79. The molecule has 4 unspecified atom stereocenters. The summed E-state index contributed by atoms with van der Waals surface area (Å²) in [7, 11) is 2.15. The van der Waals surface area contributed by atoms with Crippen molar-refractivity contribution in [1.82, 2.24) is 15.2 Å². The fourth-order valence-electron chi connectivity index (χ4n) is 4.69. The zero-order valence-electron chi connectivity index (χ0n) is 20.1. The summed E-state index contributed by atoms with van der Waals surface area (Å²) in [6, 6.07) is 7.08. The Bertz CT molecular complexity index is 1100. The highest BCUT2D eigenvalue weighted by Crippen LogP contribution is 2.40. The van der Waals surface area contributed by atoms with Gasteiger partial charge in [0.15, 0.2) is 12.2 Å². The van der Waals surface area contributed by atoms with Gasteiger partial charge in [0, 0.05) is 35.7 Å². The molecule has 190 valence electrons. The lowest BCUT2D eigenvalue weighted by Crippen LogP contribution is -2.48. The fraction of sp³-hybridized carbons (Fsp3) is 0.480. The van der Waals surface area contributed by atoms with Crippen LogP contribution in [0.3, 0.4) is 0 Å². The summed E-state index contributed by atoms with van der Waals surface area (Å²) in [5.41, 5.74) is 5.19. The van der Waals surface area contributed by atoms with Crippen LogP contribution in [0.2, 0.25) is 0 Å². The van der Waals surface area contributed by atoms with Gasteiger partial charge in [-0.2, -0.15) is 0 Å². The largest absolute Gasteiger partial charge is 0.479 e. The number of carbonyl (C=O) groups is 3. The van der Waals surface area contributed by atoms with E-state index in [0.29, 0.717) is 6.04 Å². The average molecular weight is 488 g/mol. The third-order valence-electron chi connectivity index (χ3n) is 6.74. The van der Waals surface area contributed by atoms with E-state index < -0.39 is 24.1 Å². The lowest BCUT2D eigenvalue weighted by molar-refractivity contribution is -0.165. The molecule has 0 radical (unpaired) electrons. The number of hydrogen-bond acceptors (Lipinski definition) is 6. The van der Waals surface area contributed by atoms with Crippen molar-refractivity contribution in [1.29, 1.82) is 0 Å². The minimum absolute atomic E-state index is 0.0763. The Labute approximate surface area is 203 Å². The van der Waals surface area contributed by atoms with Gasteiger partial charge in [-0.3, -0.25) is 9.69 Å². The molecule has 0 saturated carbocycles. The maximum absolute atomic E-state index is 12.8. The first-order valence-electron chi connectivity index (χ1n) is 11.7. The zero-order valence-corrected chi connectivity index (χ0v) is 20.1. The SMILES string of the molecule is CCC(CC)NC(=O)C1C=C2c3cccc4[nH]cc(c34)CC2N(C)C1.O=C(O)C(O)C(O)C(=O)O. The van der Waals surface area contributed by atoms with Gasteiger partial charge < -0.3 is 30.7 Å². The number of fused-ring (bicyclic) bond motifs is 2. The smallest absolute Gasteiger partial charge is 0.335 e. The van der Waals surface area contributed by atoms with Gasteiger partial charge in [-0.25, -0.2) is 9.59 Å². The highest BCUT2D eigenvalue weighted by molar-refractivity contribution is 5.99. The molecule has 1 aromatic heterocycles. The van der Waals surface area contributed by atoms with E-state index in [1.807, 2.05) is 0 Å². The molecule has 0 bridgehead atoms. The second-order valence-electron chi connectivity index (χ2n) is 9.02. The fourth-order valence-corrected chi connectivity index (χ4v) is 4.69. The van der Waals surface area contributed by atoms with Crippen LogP contribution < -0.4 is 5.32 Å². The molecule has 1 aliphatic heterocycles. The Kier molecular flexibility index (Phi) is 8.31. The van der Waals surface area contributed by atoms with Gasteiger partial charge in [-0.1, -0.05) is 32.1 Å². The van der Waals surface area contributed by atoms with E-state index in [1.165, 1.54) is 27.6 Å². The predicted octanol–water partition coefficient (Wildman–Crippen LogP) is 1.22. The van der Waals surface area contributed by atoms with Crippen molar-refractivity contribution in [3.63, 3.8) is 0 Å². The van der Waals surface area contributed by atoms with E-state index in [0.717, 1.165) is 25.8 Å². The first-order valence-corrected chi connectivity index (χ1v) is 11.7. The van der Waals surface area contributed by atoms with Crippen LogP contribution in [0.4, 0.5) is 0 Å². The third-order valence-corrected chi connectivity index (χ3v) is 6.74. The van der Waals surface area contributed by atoms with Crippen molar-refractivity contribution in [2.24, 2.45) is 5.92 Å². The molecule has 0 fully saturated rings. The van der Waals surface area contributed by atoms with Gasteiger partial charge in [0.25, 0.3) is 0 Å². The van der Waals surface area contributed by atoms with Crippen LogP contribution in [-0.4, -0.2) is 86.0 Å². The van der Waals surface area contributed by atoms with Gasteiger partial charge in [0.1, 0.15) is 0 Å². The summed E-state index contributed by atoms with van der Waals surface area (Å²) in [5, 5.41) is 37.1. The molecule has 4 rings (SSSR count). The van der Waals surface area contributed by atoms with Crippen LogP contribution in [0, 0.1) is 5.92 Å². The van der Waals surface area contributed by atoms with Crippen molar-refractivity contribution in [3.8, 4) is 0 Å². The standard InChI is InChI=1S/C21H27N3O.C4H6O6/c1-4-15(5-2)23-21(25)14-9-17-16-7-6-8-18-20(16)13(11-22-18)10-19(17)24(3)12-14;5-1(3(7)8)2(6)4(9)10/h6-9,11,14-15,19,22H,4-5,10,12H2,1-3H3,(H,23,25);1-2,5-6H,(H,7,8)(H,9,10). The second-order valence-corrected chi connectivity index (χ2v) is 9.02. The number of H-pyrrole nitrogens is 1. The highest BCUT2D eigenvalue weighted by atomic mass is 16.4. The topological polar surface area (TPSA) is 163 Å². The monoisotopic (exact) mass is 487 g/mol. The van der Waals surface area contributed by atoms with E-state index in [9.17, 15) is 14.4 Å². The van der Waals surface area contributed by atoms with Crippen LogP contribution >= 0.6 is 0 Å². The molecular weight excluding hydrogens is 454 g/mol. The maximum Gasteiger partial charge on any atom is 0.335 e. The van der Waals surface area contributed by atoms with E-state index in [2.05, 4.69) is 66.6 Å². The van der Waals surface area contributed by atoms with Gasteiger partial charge >= 0.3 is 11.9 Å². The third kappa shape index (κ3) is 5.55. The second kappa shape index (κ2) is 11.0. The number of nitrogens with zero attached hydrogens (tertiary/aromatic N) is 1. The Morgan fingerprint density at radius 3 is 2.31 bits per heavy atom. The number of likely N-dealkylation sites (N-methyl/N-ethyl adjacent to an activating group) is 1. The Morgan fingerprint density at radius 1 is 1.11 bits per heavy atom. The number of rotatable bonds is 7. The van der Waals surface area contributed by atoms with Crippen molar-refractivity contribution >= 4 is 34.3 Å². The normalized spacial score (nSPS) is 20.8. The Hall–Kier alpha value is -3.21. The number of aromatic amines is 1. The van der Waals surface area contributed by atoms with Gasteiger partial charge in [-0.05, 0) is 49.1 Å². The van der Waals surface area contributed by atoms with E-state index in [4.69, 9.17) is 20.4 Å². The van der Waals surface area contributed by atoms with Gasteiger partial charge in [-0.15, -0.1) is 0 Å². The summed E-state index contributed by atoms with van der Waals surface area (Å²) in [4.78, 5) is 38.1. The molecule has 4 atom stereocenters. The first kappa shape index (κ1) is 26.4. The molecule has 10 heteroatoms. The number of aliphatic hydroxyl groups excluding tert-OH is 2. The molecule has 2 aliphatic rings. The van der Waals surface area contributed by atoms with Crippen LogP contribution in [0.25, 0.3) is 16.5 Å². The quantitative estimate of drug-likeness (QED) is 0.339. The number of hydrogen-bond donors (Lipinski definition) is 6. The average Bonchev–Trinajstić information content (AvgIpc) is 3.26. The summed E-state index contributed by atoms with van der Waals surface area (Å²) < 4.78 is 0. The van der Waals surface area contributed by atoms with Crippen molar-refractivity contribution in [2.45, 2.75) is 57.4 Å². The van der Waals surface area contributed by atoms with Crippen LogP contribution in [0.5, 0.6) is 0 Å². The molecule has 35 heavy (non-hydrogen) atoms. The highest BCUT2D eigenvalue weighted by Gasteiger charge is 2.35. The molecule has 1 amide bonds. The van der Waals surface area contributed by atoms with Crippen molar-refractivity contribution in [3.05, 3.63) is 41.6 Å². The van der Waals surface area contributed by atoms with Crippen molar-refractivity contribution < 1.29 is 34.8 Å². The number of nitrogens with one attached hydrogen (secondary N) is 2. The van der Waals surface area contributed by atoms with E-state index >= 15 is 0 Å². The zero-order chi connectivity index (χ0) is 25.9. The van der Waals surface area contributed by atoms with Crippen LogP contribution in [0.1, 0.15) is 37.8 Å². The number of aromatic nitrogens is 1. The minimum Gasteiger partial charge on any atom is -0.479 e. The summed E-state index contributed by atoms with van der Waals surface area (Å²) in [5.74, 6) is -3.45. The summed E-state index contributed by atoms with van der Waals surface area (Å²) in [6.45, 7) is 5.05. The van der Waals surface area contributed by atoms with Crippen LogP contribution in [-0.2, 0) is 20.8 Å². The molecule has 2 heterocycles. The van der Waals surface area contributed by atoms with Crippen molar-refractivity contribution in [2.75, 3.05) is 13.6 Å². The van der Waals surface area contributed by atoms with E-state index in [1.54, 1.807) is 0 Å². The summed E-state index contributed by atoms with van der Waals surface area (Å²) >= 11 is 0. The number of carboxylic acids is 2. The van der Waals surface area contributed by atoms with Crippen LogP contribution in [0.15, 0.2) is 30.5 Å². The number of aliphatic carboxylic acids is 2. The minimum atomic E-state index is -2.27. The molecule has 1 aromatic carbocycles. The molecule has 10 nitrogen and oxygen atoms in total. The molecule has 0 saturated heterocycles. The Balaban J connectivity index is 0.000000292. The predicted molar refractivity (Wildman–Crippen MR) is 130 cm³/mol. The number of benzene rings is 1. The molecule has 0 spiro atoms. The number of carboxylic acid groups (broad SMARTS) is 2. The molecule has 2 aromatic rings. The Morgan fingerprint density at radius 2 is 1.74 bits per heavy atom. The van der Waals surface area contributed by atoms with Gasteiger partial charge in [0.05, 0.1) is 5.92 Å². The van der Waals surface area contributed by atoms with Gasteiger partial charge in [0.2, 0.25) is 5.91 Å². The summed E-state index contributed by atoms with van der Waals surface area (Å²) in [6.07, 6.45) is 2.82. The van der Waals surface area contributed by atoms with E-state index in [-0.39, 0.29) is 17.9 Å². The molecular formula is C25H33N3O7. The number of aliphatic hydroxyl groups is 2. The molecule has 1 aliphatic carbocycles. The molecule has 6 N–H and O–H groups in total. The lowest BCUT2D eigenvalue weighted by Gasteiger charge is -2.39. The number of carbonyl (C=O) groups excluding carboxylic acids is 1. The maximum atomic E-state index is 12.8. The first-order chi connectivity index (χ1) is 16.6. The number of amides is 1.